The van der Waals surface area contributed by atoms with Crippen LogP contribution in [0.3, 0.4) is 0 Å². The Bertz CT molecular complexity index is 971. The number of amides is 1. The number of para-hydroxylation sites is 1. The number of hydrogen-bond acceptors (Lipinski definition) is 6. The number of aromatic nitrogens is 1. The van der Waals surface area contributed by atoms with Crippen molar-refractivity contribution >= 4 is 45.2 Å². The summed E-state index contributed by atoms with van der Waals surface area (Å²) in [7, 11) is 0. The molecule has 1 aromatic heterocycles. The number of rotatable bonds is 7. The second-order valence-electron chi connectivity index (χ2n) is 5.90. The second kappa shape index (κ2) is 9.27. The Labute approximate surface area is 172 Å². The third kappa shape index (κ3) is 6.47. The van der Waals surface area contributed by atoms with Crippen LogP contribution in [0, 0.1) is 0 Å². The Balaban J connectivity index is 1.47. The second-order valence-corrected chi connectivity index (χ2v) is 8.15. The van der Waals surface area contributed by atoms with Crippen molar-refractivity contribution in [2.75, 3.05) is 13.2 Å². The van der Waals surface area contributed by atoms with E-state index >= 15 is 0 Å². The van der Waals surface area contributed by atoms with Gasteiger partial charge in [0.1, 0.15) is 6.54 Å². The van der Waals surface area contributed by atoms with E-state index in [2.05, 4.69) is 4.98 Å². The van der Waals surface area contributed by atoms with Gasteiger partial charge >= 0.3 is 12.1 Å². The number of carbonyl (C=O) groups excluding carboxylic acids is 2. The Kier molecular flexibility index (Phi) is 6.75. The minimum atomic E-state index is -4.52. The van der Waals surface area contributed by atoms with Crippen molar-refractivity contribution in [3.63, 3.8) is 0 Å². The predicted octanol–water partition coefficient (Wildman–Crippen LogP) is 4.42. The number of alkyl halides is 3. The number of hydrogen-bond donors (Lipinski definition) is 1. The van der Waals surface area contributed by atoms with E-state index in [4.69, 9.17) is 4.74 Å². The molecule has 0 aliphatic heterocycles. The highest BCUT2D eigenvalue weighted by atomic mass is 32.2. The van der Waals surface area contributed by atoms with Crippen LogP contribution in [0.25, 0.3) is 10.2 Å². The molecule has 0 atom stereocenters. The van der Waals surface area contributed by atoms with Gasteiger partial charge in [-0.05, 0) is 29.8 Å². The number of carbonyl (C=O) groups is 2. The van der Waals surface area contributed by atoms with Crippen molar-refractivity contribution in [2.24, 2.45) is 0 Å². The summed E-state index contributed by atoms with van der Waals surface area (Å²) >= 11 is 3.19. The van der Waals surface area contributed by atoms with Crippen LogP contribution in [0.1, 0.15) is 15.9 Å². The van der Waals surface area contributed by atoms with Gasteiger partial charge in [-0.2, -0.15) is 13.2 Å². The molecule has 3 rings (SSSR count). The van der Waals surface area contributed by atoms with Gasteiger partial charge in [0, 0.05) is 5.75 Å². The lowest BCUT2D eigenvalue weighted by atomic mass is 10.1. The summed E-state index contributed by atoms with van der Waals surface area (Å²) in [6.45, 7) is -2.24. The maximum Gasteiger partial charge on any atom is 0.405 e. The molecule has 10 heteroatoms. The highest BCUT2D eigenvalue weighted by Crippen LogP contribution is 2.31. The fourth-order valence-electron chi connectivity index (χ4n) is 2.26. The van der Waals surface area contributed by atoms with Crippen LogP contribution in [-0.4, -0.2) is 36.2 Å². The molecule has 0 spiro atoms. The van der Waals surface area contributed by atoms with Gasteiger partial charge in [-0.15, -0.1) is 11.3 Å². The topological polar surface area (TPSA) is 68.3 Å². The first-order chi connectivity index (χ1) is 13.8. The number of fused-ring (bicyclic) bond motifs is 1. The first kappa shape index (κ1) is 21.1. The van der Waals surface area contributed by atoms with Gasteiger partial charge in [0.25, 0.3) is 5.91 Å². The molecule has 5 nitrogen and oxygen atoms in total. The van der Waals surface area contributed by atoms with Crippen molar-refractivity contribution in [3.05, 3.63) is 59.7 Å². The Morgan fingerprint density at radius 2 is 1.83 bits per heavy atom. The number of benzene rings is 2. The van der Waals surface area contributed by atoms with Gasteiger partial charge in [0.05, 0.1) is 15.8 Å². The van der Waals surface area contributed by atoms with Crippen LogP contribution >= 0.6 is 23.1 Å². The van der Waals surface area contributed by atoms with Crippen molar-refractivity contribution in [1.29, 1.82) is 0 Å². The van der Waals surface area contributed by atoms with Crippen LogP contribution in [0.15, 0.2) is 52.9 Å². The number of esters is 1. The molecule has 1 amide bonds. The quantitative estimate of drug-likeness (QED) is 0.435. The minimum Gasteiger partial charge on any atom is -0.452 e. The van der Waals surface area contributed by atoms with Gasteiger partial charge in [-0.25, -0.2) is 9.78 Å². The maximum absolute atomic E-state index is 12.0. The fourth-order valence-corrected chi connectivity index (χ4v) is 4.28. The van der Waals surface area contributed by atoms with Crippen LogP contribution in [-0.2, 0) is 15.3 Å². The van der Waals surface area contributed by atoms with E-state index in [1.807, 2.05) is 24.3 Å². The first-order valence-electron chi connectivity index (χ1n) is 8.38. The zero-order chi connectivity index (χ0) is 20.9. The standard InChI is InChI=1S/C19H15F3N2O3S2/c20-19(21,22)11-23-16(25)9-27-17(26)13-7-5-12(6-8-13)10-28-18-24-14-3-1-2-4-15(14)29-18/h1-8H,9-11H2,(H,23,25). The summed E-state index contributed by atoms with van der Waals surface area (Å²) in [5.41, 5.74) is 2.13. The lowest BCUT2D eigenvalue weighted by Gasteiger charge is -2.09. The molecule has 1 N–H and O–H groups in total. The highest BCUT2D eigenvalue weighted by Gasteiger charge is 2.27. The van der Waals surface area contributed by atoms with Crippen LogP contribution < -0.4 is 5.32 Å². The number of thiazole rings is 1. The first-order valence-corrected chi connectivity index (χ1v) is 10.2. The van der Waals surface area contributed by atoms with E-state index in [1.54, 1.807) is 52.7 Å². The number of halogens is 3. The lowest BCUT2D eigenvalue weighted by molar-refractivity contribution is -0.140. The van der Waals surface area contributed by atoms with Crippen LogP contribution in [0.4, 0.5) is 13.2 Å². The predicted molar refractivity (Wildman–Crippen MR) is 105 cm³/mol. The molecule has 0 bridgehead atoms. The van der Waals surface area contributed by atoms with Gasteiger partial charge < -0.3 is 10.1 Å². The molecule has 0 unspecified atom stereocenters. The normalized spacial score (nSPS) is 11.4. The van der Waals surface area contributed by atoms with Gasteiger partial charge in [0.15, 0.2) is 10.9 Å². The minimum absolute atomic E-state index is 0.211. The molecule has 152 valence electrons. The summed E-state index contributed by atoms with van der Waals surface area (Å²) < 4.78 is 42.8. The molecule has 0 aliphatic rings. The van der Waals surface area contributed by atoms with E-state index in [0.29, 0.717) is 5.75 Å². The number of nitrogens with one attached hydrogen (secondary N) is 1. The SMILES string of the molecule is O=C(COC(=O)c1ccc(CSc2nc3ccccc3s2)cc1)NCC(F)(F)F. The van der Waals surface area contributed by atoms with E-state index in [0.717, 1.165) is 20.1 Å². The molecule has 0 radical (unpaired) electrons. The lowest BCUT2D eigenvalue weighted by Crippen LogP contribution is -2.36. The average molecular weight is 440 g/mol. The summed E-state index contributed by atoms with van der Waals surface area (Å²) in [6, 6.07) is 14.5. The molecule has 0 saturated carbocycles. The third-order valence-corrected chi connectivity index (χ3v) is 5.90. The molecule has 2 aromatic carbocycles. The highest BCUT2D eigenvalue weighted by molar-refractivity contribution is 8.00. The molecule has 0 saturated heterocycles. The molecule has 0 aliphatic carbocycles. The van der Waals surface area contributed by atoms with Crippen LogP contribution in [0.5, 0.6) is 0 Å². The zero-order valence-electron chi connectivity index (χ0n) is 14.9. The summed E-state index contributed by atoms with van der Waals surface area (Å²) in [6.07, 6.45) is -4.52. The third-order valence-electron chi connectivity index (χ3n) is 3.65. The molecule has 29 heavy (non-hydrogen) atoms. The average Bonchev–Trinajstić information content (AvgIpc) is 3.12. The number of thioether (sulfide) groups is 1. The van der Waals surface area contributed by atoms with Crippen molar-refractivity contribution < 1.29 is 27.5 Å². The largest absolute Gasteiger partial charge is 0.452 e. The van der Waals surface area contributed by atoms with E-state index in [-0.39, 0.29) is 5.56 Å². The van der Waals surface area contributed by atoms with E-state index in [1.165, 1.54) is 0 Å². The Hall–Kier alpha value is -2.59. The van der Waals surface area contributed by atoms with Crippen molar-refractivity contribution in [3.8, 4) is 0 Å². The number of ether oxygens (including phenoxy) is 1. The van der Waals surface area contributed by atoms with Crippen LogP contribution in [0.2, 0.25) is 0 Å². The Morgan fingerprint density at radius 3 is 2.52 bits per heavy atom. The zero-order valence-corrected chi connectivity index (χ0v) is 16.5. The molecular weight excluding hydrogens is 425 g/mol. The summed E-state index contributed by atoms with van der Waals surface area (Å²) in [5, 5.41) is 1.63. The van der Waals surface area contributed by atoms with E-state index < -0.39 is 31.2 Å². The van der Waals surface area contributed by atoms with E-state index in [9.17, 15) is 22.8 Å². The van der Waals surface area contributed by atoms with Crippen molar-refractivity contribution in [2.45, 2.75) is 16.3 Å². The molecular formula is C19H15F3N2O3S2. The summed E-state index contributed by atoms with van der Waals surface area (Å²) in [4.78, 5) is 27.7. The van der Waals surface area contributed by atoms with Gasteiger partial charge in [-0.1, -0.05) is 36.0 Å². The number of nitrogens with zero attached hydrogens (tertiary/aromatic N) is 1. The monoisotopic (exact) mass is 440 g/mol. The summed E-state index contributed by atoms with van der Waals surface area (Å²) in [5.74, 6) is -1.13. The molecule has 0 fully saturated rings. The van der Waals surface area contributed by atoms with Gasteiger partial charge in [-0.3, -0.25) is 4.79 Å². The maximum atomic E-state index is 12.0. The smallest absolute Gasteiger partial charge is 0.405 e. The molecule has 1 heterocycles. The Morgan fingerprint density at radius 1 is 1.10 bits per heavy atom. The van der Waals surface area contributed by atoms with Gasteiger partial charge in [0.2, 0.25) is 0 Å². The molecule has 3 aromatic rings. The fraction of sp³-hybridized carbons (Fsp3) is 0.211. The van der Waals surface area contributed by atoms with Crippen molar-refractivity contribution in [1.82, 2.24) is 10.3 Å².